The molecule has 1 nitrogen and oxygen atoms in total. The highest BCUT2D eigenvalue weighted by atomic mass is 29.3. The fourth-order valence-corrected chi connectivity index (χ4v) is 12.7. The van der Waals surface area contributed by atoms with E-state index in [2.05, 4.69) is 13.1 Å². The lowest BCUT2D eigenvalue weighted by Crippen LogP contribution is -2.66. The lowest BCUT2D eigenvalue weighted by molar-refractivity contribution is -0.131. The molecule has 0 spiro atoms. The van der Waals surface area contributed by atoms with Crippen LogP contribution in [0.4, 0.5) is 13.2 Å². The molecule has 1 aromatic rings. The van der Waals surface area contributed by atoms with Gasteiger partial charge in [-0.3, -0.25) is 0 Å². The molecule has 0 heterocycles. The molecule has 6 heteroatoms. The summed E-state index contributed by atoms with van der Waals surface area (Å²) < 4.78 is 43.7. The van der Waals surface area contributed by atoms with Crippen molar-refractivity contribution < 1.29 is 17.6 Å². The van der Waals surface area contributed by atoms with E-state index in [1.165, 1.54) is 5.19 Å². The van der Waals surface area contributed by atoms with E-state index in [1.54, 1.807) is 0 Å². The standard InChI is InChI=1S/C14H23F3OSi2/c1-5-18-20(4,12-11-14(15,16)17)19(2,3)13-9-7-6-8-10-13/h6-10H,5,11-12H2,1-4H3. The summed E-state index contributed by atoms with van der Waals surface area (Å²) in [7, 11) is -4.45. The summed E-state index contributed by atoms with van der Waals surface area (Å²) in [6.07, 6.45) is -4.84. The Kier molecular flexibility index (Phi) is 5.63. The van der Waals surface area contributed by atoms with Crippen LogP contribution in [0.3, 0.4) is 0 Å². The summed E-state index contributed by atoms with van der Waals surface area (Å²) in [5.74, 6) is 0. The summed E-state index contributed by atoms with van der Waals surface area (Å²) in [4.78, 5) is 0. The van der Waals surface area contributed by atoms with Gasteiger partial charge in [-0.1, -0.05) is 48.6 Å². The van der Waals surface area contributed by atoms with Crippen LogP contribution in [0.15, 0.2) is 30.3 Å². The maximum absolute atomic E-state index is 12.6. The highest BCUT2D eigenvalue weighted by molar-refractivity contribution is 7.43. The molecule has 0 radical (unpaired) electrons. The summed E-state index contributed by atoms with van der Waals surface area (Å²) >= 11 is 0. The van der Waals surface area contributed by atoms with E-state index in [0.29, 0.717) is 6.61 Å². The summed E-state index contributed by atoms with van der Waals surface area (Å²) in [6, 6.07) is 10.1. The predicted octanol–water partition coefficient (Wildman–Crippen LogP) is 4.24. The average molecular weight is 321 g/mol. The molecule has 0 fully saturated rings. The van der Waals surface area contributed by atoms with Gasteiger partial charge >= 0.3 is 6.18 Å². The molecule has 0 bridgehead atoms. The van der Waals surface area contributed by atoms with E-state index in [4.69, 9.17) is 4.43 Å². The van der Waals surface area contributed by atoms with Crippen LogP contribution < -0.4 is 5.19 Å². The number of rotatable bonds is 6. The van der Waals surface area contributed by atoms with Crippen LogP contribution in [0.1, 0.15) is 13.3 Å². The Morgan fingerprint density at radius 2 is 1.60 bits per heavy atom. The van der Waals surface area contributed by atoms with Crippen molar-refractivity contribution in [3.63, 3.8) is 0 Å². The Hall–Kier alpha value is -0.596. The molecule has 1 unspecified atom stereocenters. The Bertz CT molecular complexity index is 420. The maximum Gasteiger partial charge on any atom is 0.388 e. The van der Waals surface area contributed by atoms with Crippen LogP contribution in [-0.4, -0.2) is 28.2 Å². The van der Waals surface area contributed by atoms with E-state index in [0.717, 1.165) is 0 Å². The second-order valence-electron chi connectivity index (χ2n) is 5.77. The van der Waals surface area contributed by atoms with Crippen LogP contribution >= 0.6 is 0 Å². The van der Waals surface area contributed by atoms with Gasteiger partial charge in [0.15, 0.2) is 7.83 Å². The normalized spacial score (nSPS) is 15.9. The van der Waals surface area contributed by atoms with Gasteiger partial charge in [0.2, 0.25) is 0 Å². The van der Waals surface area contributed by atoms with Gasteiger partial charge in [0.05, 0.1) is 0 Å². The number of benzene rings is 1. The van der Waals surface area contributed by atoms with Gasteiger partial charge in [-0.05, 0) is 19.5 Å². The fraction of sp³-hybridized carbons (Fsp3) is 0.571. The van der Waals surface area contributed by atoms with Crippen molar-refractivity contribution in [2.45, 2.75) is 45.2 Å². The van der Waals surface area contributed by atoms with Gasteiger partial charge in [0, 0.05) is 13.0 Å². The number of alkyl halides is 3. The van der Waals surface area contributed by atoms with Crippen molar-refractivity contribution in [1.29, 1.82) is 0 Å². The zero-order valence-corrected chi connectivity index (χ0v) is 14.6. The monoisotopic (exact) mass is 320 g/mol. The molecule has 1 atom stereocenters. The Labute approximate surface area is 121 Å². The van der Waals surface area contributed by atoms with E-state index in [-0.39, 0.29) is 6.04 Å². The number of halogens is 3. The Morgan fingerprint density at radius 1 is 1.05 bits per heavy atom. The van der Waals surface area contributed by atoms with Gasteiger partial charge in [-0.25, -0.2) is 0 Å². The third-order valence-corrected chi connectivity index (χ3v) is 20.7. The Balaban J connectivity index is 3.04. The molecule has 1 aromatic carbocycles. The zero-order valence-electron chi connectivity index (χ0n) is 12.6. The van der Waals surface area contributed by atoms with Crippen LogP contribution in [0.2, 0.25) is 25.7 Å². The smallest absolute Gasteiger partial charge is 0.388 e. The minimum Gasteiger partial charge on any atom is -0.420 e. The van der Waals surface area contributed by atoms with Crippen molar-refractivity contribution in [3.8, 4) is 0 Å². The molecular formula is C14H23F3OSi2. The third kappa shape index (κ3) is 4.20. The summed E-state index contributed by atoms with van der Waals surface area (Å²) in [5, 5.41) is 1.18. The average Bonchev–Trinajstić information content (AvgIpc) is 2.37. The second-order valence-corrected chi connectivity index (χ2v) is 19.8. The van der Waals surface area contributed by atoms with E-state index in [1.807, 2.05) is 43.8 Å². The second kappa shape index (κ2) is 6.45. The minimum absolute atomic E-state index is 0.151. The molecule has 114 valence electrons. The zero-order chi connectivity index (χ0) is 15.4. The van der Waals surface area contributed by atoms with Gasteiger partial charge in [-0.2, -0.15) is 13.2 Å². The maximum atomic E-state index is 12.6. The van der Waals surface area contributed by atoms with E-state index in [9.17, 15) is 13.2 Å². The van der Waals surface area contributed by atoms with Crippen molar-refractivity contribution in [3.05, 3.63) is 30.3 Å². The van der Waals surface area contributed by atoms with Crippen molar-refractivity contribution in [2.24, 2.45) is 0 Å². The van der Waals surface area contributed by atoms with Crippen molar-refractivity contribution in [1.82, 2.24) is 0 Å². The minimum atomic E-state index is -4.10. The number of hydrogen-bond acceptors (Lipinski definition) is 1. The Morgan fingerprint density at radius 3 is 2.05 bits per heavy atom. The first-order valence-corrected chi connectivity index (χ1v) is 13.5. The summed E-state index contributed by atoms with van der Waals surface area (Å²) in [6.45, 7) is 8.61. The molecule has 0 saturated carbocycles. The van der Waals surface area contributed by atoms with Crippen LogP contribution in [-0.2, 0) is 4.43 Å². The largest absolute Gasteiger partial charge is 0.420 e. The van der Waals surface area contributed by atoms with Crippen LogP contribution in [0.5, 0.6) is 0 Å². The van der Waals surface area contributed by atoms with Crippen LogP contribution in [0.25, 0.3) is 0 Å². The number of hydrogen-bond donors (Lipinski definition) is 0. The molecule has 0 aliphatic heterocycles. The highest BCUT2D eigenvalue weighted by Gasteiger charge is 2.49. The van der Waals surface area contributed by atoms with Crippen LogP contribution in [0, 0.1) is 0 Å². The quantitative estimate of drug-likeness (QED) is 0.712. The lowest BCUT2D eigenvalue weighted by Gasteiger charge is -2.41. The van der Waals surface area contributed by atoms with Gasteiger partial charge in [0.1, 0.15) is 7.59 Å². The molecule has 0 N–H and O–H groups in total. The highest BCUT2D eigenvalue weighted by Crippen LogP contribution is 2.31. The van der Waals surface area contributed by atoms with Gasteiger partial charge < -0.3 is 4.43 Å². The molecule has 0 amide bonds. The van der Waals surface area contributed by atoms with Gasteiger partial charge in [-0.15, -0.1) is 0 Å². The van der Waals surface area contributed by atoms with Crippen molar-refractivity contribution in [2.75, 3.05) is 6.61 Å². The lowest BCUT2D eigenvalue weighted by atomic mass is 10.4. The first-order chi connectivity index (χ1) is 9.12. The first kappa shape index (κ1) is 17.5. The molecule has 20 heavy (non-hydrogen) atoms. The molecule has 0 saturated heterocycles. The first-order valence-electron chi connectivity index (χ1n) is 6.88. The summed E-state index contributed by atoms with van der Waals surface area (Å²) in [5.41, 5.74) is 0. The molecule has 0 aromatic heterocycles. The molecular weight excluding hydrogens is 297 g/mol. The third-order valence-electron chi connectivity index (χ3n) is 4.17. The molecule has 1 rings (SSSR count). The molecule has 0 aliphatic rings. The SMILES string of the molecule is CCO[Si](C)(CCC(F)(F)F)[Si](C)(C)c1ccccc1. The van der Waals surface area contributed by atoms with Crippen molar-refractivity contribution >= 4 is 20.6 Å². The van der Waals surface area contributed by atoms with Gasteiger partial charge in [0.25, 0.3) is 0 Å². The topological polar surface area (TPSA) is 9.23 Å². The molecule has 0 aliphatic carbocycles. The van der Waals surface area contributed by atoms with E-state index < -0.39 is 28.0 Å². The predicted molar refractivity (Wildman–Crippen MR) is 82.3 cm³/mol. The van der Waals surface area contributed by atoms with E-state index >= 15 is 0 Å². The fourth-order valence-electron chi connectivity index (χ4n) is 2.42.